The van der Waals surface area contributed by atoms with Gasteiger partial charge >= 0.3 is 0 Å². The number of hydrogen-bond acceptors (Lipinski definition) is 2. The number of likely N-dealkylation sites (tertiary alicyclic amines) is 1. The molecule has 1 heterocycles. The highest BCUT2D eigenvalue weighted by Crippen LogP contribution is 2.17. The smallest absolute Gasteiger partial charge is 0.123 e. The molecule has 1 saturated heterocycles. The molecule has 0 spiro atoms. The van der Waals surface area contributed by atoms with Crippen LogP contribution in [0, 0.1) is 11.7 Å². The van der Waals surface area contributed by atoms with Crippen molar-refractivity contribution in [3.63, 3.8) is 0 Å². The fourth-order valence-electron chi connectivity index (χ4n) is 1.85. The molecule has 1 aromatic carbocycles. The standard InChI is InChI=1S/C11H15FN2/c12-11-3-1-2-9(4-11)6-14-7-10(5-13)8-14/h1-4,10H,5-8,13H2. The quantitative estimate of drug-likeness (QED) is 0.783. The van der Waals surface area contributed by atoms with Gasteiger partial charge in [0.25, 0.3) is 0 Å². The zero-order chi connectivity index (χ0) is 9.97. The Morgan fingerprint density at radius 2 is 2.21 bits per heavy atom. The van der Waals surface area contributed by atoms with Crippen molar-refractivity contribution in [1.29, 1.82) is 0 Å². The summed E-state index contributed by atoms with van der Waals surface area (Å²) in [4.78, 5) is 2.28. The Hall–Kier alpha value is -0.930. The molecule has 2 nitrogen and oxygen atoms in total. The van der Waals surface area contributed by atoms with E-state index in [1.165, 1.54) is 6.07 Å². The minimum atomic E-state index is -0.154. The van der Waals surface area contributed by atoms with Crippen LogP contribution >= 0.6 is 0 Å². The molecule has 1 fully saturated rings. The lowest BCUT2D eigenvalue weighted by atomic mass is 10.00. The van der Waals surface area contributed by atoms with Crippen molar-refractivity contribution in [3.05, 3.63) is 35.6 Å². The van der Waals surface area contributed by atoms with Crippen molar-refractivity contribution >= 4 is 0 Å². The molecule has 76 valence electrons. The molecular weight excluding hydrogens is 179 g/mol. The van der Waals surface area contributed by atoms with Gasteiger partial charge in [0, 0.05) is 19.6 Å². The molecule has 0 aliphatic carbocycles. The van der Waals surface area contributed by atoms with E-state index in [-0.39, 0.29) is 5.82 Å². The van der Waals surface area contributed by atoms with Gasteiger partial charge in [-0.2, -0.15) is 0 Å². The summed E-state index contributed by atoms with van der Waals surface area (Å²) in [7, 11) is 0. The zero-order valence-corrected chi connectivity index (χ0v) is 8.12. The summed E-state index contributed by atoms with van der Waals surface area (Å²) in [6.45, 7) is 3.70. The van der Waals surface area contributed by atoms with Gasteiger partial charge < -0.3 is 5.73 Å². The van der Waals surface area contributed by atoms with Gasteiger partial charge in [-0.05, 0) is 30.2 Å². The monoisotopic (exact) mass is 194 g/mol. The van der Waals surface area contributed by atoms with Crippen LogP contribution in [0.15, 0.2) is 24.3 Å². The zero-order valence-electron chi connectivity index (χ0n) is 8.12. The lowest BCUT2D eigenvalue weighted by molar-refractivity contribution is 0.0978. The average Bonchev–Trinajstić information content (AvgIpc) is 2.10. The van der Waals surface area contributed by atoms with Crippen molar-refractivity contribution in [1.82, 2.24) is 4.90 Å². The number of hydrogen-bond donors (Lipinski definition) is 1. The highest BCUT2D eigenvalue weighted by atomic mass is 19.1. The number of rotatable bonds is 3. The Morgan fingerprint density at radius 3 is 2.86 bits per heavy atom. The van der Waals surface area contributed by atoms with Crippen LogP contribution in [0.25, 0.3) is 0 Å². The van der Waals surface area contributed by atoms with Crippen LogP contribution in [0.2, 0.25) is 0 Å². The third-order valence-corrected chi connectivity index (χ3v) is 2.66. The minimum absolute atomic E-state index is 0.154. The van der Waals surface area contributed by atoms with Crippen molar-refractivity contribution < 1.29 is 4.39 Å². The van der Waals surface area contributed by atoms with Crippen LogP contribution in [-0.2, 0) is 6.54 Å². The highest BCUT2D eigenvalue weighted by Gasteiger charge is 2.24. The Morgan fingerprint density at radius 1 is 1.43 bits per heavy atom. The van der Waals surface area contributed by atoms with Crippen molar-refractivity contribution in [2.45, 2.75) is 6.54 Å². The second-order valence-corrected chi connectivity index (χ2v) is 3.93. The molecule has 2 rings (SSSR count). The molecule has 0 unspecified atom stereocenters. The van der Waals surface area contributed by atoms with Gasteiger partial charge in [0.15, 0.2) is 0 Å². The normalized spacial score (nSPS) is 18.1. The summed E-state index contributed by atoms with van der Waals surface area (Å²) in [6, 6.07) is 6.78. The topological polar surface area (TPSA) is 29.3 Å². The van der Waals surface area contributed by atoms with Gasteiger partial charge in [0.1, 0.15) is 5.82 Å². The first kappa shape index (κ1) is 9.62. The Kier molecular flexibility index (Phi) is 2.79. The molecule has 2 N–H and O–H groups in total. The molecule has 0 bridgehead atoms. The SMILES string of the molecule is NCC1CN(Cc2cccc(F)c2)C1. The van der Waals surface area contributed by atoms with E-state index in [1.807, 2.05) is 6.07 Å². The lowest BCUT2D eigenvalue weighted by Crippen LogP contribution is -2.49. The van der Waals surface area contributed by atoms with Crippen molar-refractivity contribution in [3.8, 4) is 0 Å². The third kappa shape index (κ3) is 2.11. The number of halogens is 1. The van der Waals surface area contributed by atoms with Gasteiger partial charge in [-0.1, -0.05) is 12.1 Å². The molecule has 14 heavy (non-hydrogen) atoms. The molecule has 0 aromatic heterocycles. The van der Waals surface area contributed by atoms with Crippen molar-refractivity contribution in [2.75, 3.05) is 19.6 Å². The van der Waals surface area contributed by atoms with E-state index in [9.17, 15) is 4.39 Å². The summed E-state index contributed by atoms with van der Waals surface area (Å²) >= 11 is 0. The van der Waals surface area contributed by atoms with Crippen LogP contribution < -0.4 is 5.73 Å². The average molecular weight is 194 g/mol. The predicted molar refractivity (Wildman–Crippen MR) is 54.2 cm³/mol. The van der Waals surface area contributed by atoms with Crippen molar-refractivity contribution in [2.24, 2.45) is 11.7 Å². The minimum Gasteiger partial charge on any atom is -0.330 e. The molecule has 1 aliphatic heterocycles. The van der Waals surface area contributed by atoms with E-state index in [0.29, 0.717) is 5.92 Å². The summed E-state index contributed by atoms with van der Waals surface area (Å²) < 4.78 is 12.8. The summed E-state index contributed by atoms with van der Waals surface area (Å²) in [5.74, 6) is 0.488. The summed E-state index contributed by atoms with van der Waals surface area (Å²) in [5.41, 5.74) is 6.57. The van der Waals surface area contributed by atoms with E-state index in [1.54, 1.807) is 12.1 Å². The van der Waals surface area contributed by atoms with Crippen LogP contribution in [0.3, 0.4) is 0 Å². The van der Waals surface area contributed by atoms with E-state index in [0.717, 1.165) is 31.7 Å². The van der Waals surface area contributed by atoms with Gasteiger partial charge in [-0.15, -0.1) is 0 Å². The number of benzene rings is 1. The third-order valence-electron chi connectivity index (χ3n) is 2.66. The highest BCUT2D eigenvalue weighted by molar-refractivity contribution is 5.16. The first-order valence-corrected chi connectivity index (χ1v) is 4.95. The fourth-order valence-corrected chi connectivity index (χ4v) is 1.85. The molecule has 1 aromatic rings. The van der Waals surface area contributed by atoms with Gasteiger partial charge in [0.05, 0.1) is 0 Å². The van der Waals surface area contributed by atoms with Gasteiger partial charge in [0.2, 0.25) is 0 Å². The van der Waals surface area contributed by atoms with Crippen LogP contribution in [0.5, 0.6) is 0 Å². The molecular formula is C11H15FN2. The maximum absolute atomic E-state index is 12.8. The predicted octanol–water partition coefficient (Wildman–Crippen LogP) is 1.22. The second kappa shape index (κ2) is 4.07. The Bertz CT molecular complexity index is 308. The number of nitrogens with zero attached hydrogens (tertiary/aromatic N) is 1. The Labute approximate surface area is 83.5 Å². The fraction of sp³-hybridized carbons (Fsp3) is 0.455. The largest absolute Gasteiger partial charge is 0.330 e. The Balaban J connectivity index is 1.87. The van der Waals surface area contributed by atoms with E-state index < -0.39 is 0 Å². The second-order valence-electron chi connectivity index (χ2n) is 3.93. The molecule has 0 saturated carbocycles. The van der Waals surface area contributed by atoms with Crippen LogP contribution in [-0.4, -0.2) is 24.5 Å². The summed E-state index contributed by atoms with van der Waals surface area (Å²) in [5, 5.41) is 0. The number of nitrogens with two attached hydrogens (primary N) is 1. The first-order valence-electron chi connectivity index (χ1n) is 4.95. The van der Waals surface area contributed by atoms with E-state index >= 15 is 0 Å². The molecule has 0 amide bonds. The van der Waals surface area contributed by atoms with E-state index in [4.69, 9.17) is 5.73 Å². The maximum Gasteiger partial charge on any atom is 0.123 e. The van der Waals surface area contributed by atoms with Crippen LogP contribution in [0.4, 0.5) is 4.39 Å². The maximum atomic E-state index is 12.8. The van der Waals surface area contributed by atoms with Gasteiger partial charge in [-0.3, -0.25) is 4.90 Å². The summed E-state index contributed by atoms with van der Waals surface area (Å²) in [6.07, 6.45) is 0. The first-order chi connectivity index (χ1) is 6.78. The van der Waals surface area contributed by atoms with Gasteiger partial charge in [-0.25, -0.2) is 4.39 Å². The molecule has 3 heteroatoms. The molecule has 0 radical (unpaired) electrons. The van der Waals surface area contributed by atoms with E-state index in [2.05, 4.69) is 4.90 Å². The van der Waals surface area contributed by atoms with Crippen LogP contribution in [0.1, 0.15) is 5.56 Å². The lowest BCUT2D eigenvalue weighted by Gasteiger charge is -2.38. The molecule has 1 aliphatic rings. The molecule has 0 atom stereocenters.